The molecular weight excluding hydrogens is 246 g/mol. The topological polar surface area (TPSA) is 51.8 Å². The van der Waals surface area contributed by atoms with Crippen molar-refractivity contribution in [2.45, 2.75) is 44.6 Å². The summed E-state index contributed by atoms with van der Waals surface area (Å²) in [4.78, 5) is 8.67. The van der Waals surface area contributed by atoms with Gasteiger partial charge in [-0.25, -0.2) is 0 Å². The van der Waals surface area contributed by atoms with E-state index in [1.54, 1.807) is 12.4 Å². The van der Waals surface area contributed by atoms with Gasteiger partial charge in [-0.15, -0.1) is 0 Å². The number of benzene rings is 1. The molecule has 1 aromatic heterocycles. The lowest BCUT2D eigenvalue weighted by Gasteiger charge is -2.19. The van der Waals surface area contributed by atoms with Crippen molar-refractivity contribution in [3.05, 3.63) is 47.8 Å². The molecule has 1 aliphatic carbocycles. The van der Waals surface area contributed by atoms with Crippen LogP contribution in [0.3, 0.4) is 0 Å². The highest BCUT2D eigenvalue weighted by molar-refractivity contribution is 5.74. The fourth-order valence-electron chi connectivity index (χ4n) is 2.89. The number of fused-ring (bicyclic) bond motifs is 1. The second-order valence-corrected chi connectivity index (χ2v) is 5.51. The zero-order valence-corrected chi connectivity index (χ0v) is 11.8. The van der Waals surface area contributed by atoms with Crippen molar-refractivity contribution in [2.24, 2.45) is 5.73 Å². The van der Waals surface area contributed by atoms with Gasteiger partial charge in [-0.1, -0.05) is 30.6 Å². The third-order valence-corrected chi connectivity index (χ3v) is 4.08. The van der Waals surface area contributed by atoms with E-state index in [9.17, 15) is 0 Å². The van der Waals surface area contributed by atoms with E-state index >= 15 is 0 Å². The fraction of sp³-hybridized carbons (Fsp3) is 0.412. The Morgan fingerprint density at radius 1 is 0.950 bits per heavy atom. The second-order valence-electron chi connectivity index (χ2n) is 5.51. The van der Waals surface area contributed by atoms with Gasteiger partial charge in [0.05, 0.1) is 17.1 Å². The van der Waals surface area contributed by atoms with Crippen LogP contribution in [0.4, 0.5) is 0 Å². The number of aromatic nitrogens is 2. The molecule has 2 aromatic rings. The quantitative estimate of drug-likeness (QED) is 0.839. The SMILES string of the molecule is NC(/C1=C/CCCCCC1)c1ccc2nccnc2c1. The maximum Gasteiger partial charge on any atom is 0.0890 e. The van der Waals surface area contributed by atoms with E-state index in [0.29, 0.717) is 0 Å². The molecular formula is C17H21N3. The molecule has 1 aromatic carbocycles. The minimum Gasteiger partial charge on any atom is -0.321 e. The molecule has 1 unspecified atom stereocenters. The molecule has 0 amide bonds. The Hall–Kier alpha value is -1.74. The first kappa shape index (κ1) is 13.3. The van der Waals surface area contributed by atoms with Crippen LogP contribution in [0.2, 0.25) is 0 Å². The summed E-state index contributed by atoms with van der Waals surface area (Å²) < 4.78 is 0. The predicted octanol–water partition coefficient (Wildman–Crippen LogP) is 3.91. The molecule has 20 heavy (non-hydrogen) atoms. The van der Waals surface area contributed by atoms with Gasteiger partial charge in [0, 0.05) is 12.4 Å². The van der Waals surface area contributed by atoms with Crippen LogP contribution in [0.25, 0.3) is 11.0 Å². The van der Waals surface area contributed by atoms with Crippen LogP contribution >= 0.6 is 0 Å². The lowest BCUT2D eigenvalue weighted by molar-refractivity contribution is 0.602. The molecule has 104 valence electrons. The van der Waals surface area contributed by atoms with Gasteiger partial charge in [0.15, 0.2) is 0 Å². The molecule has 0 saturated carbocycles. The van der Waals surface area contributed by atoms with Gasteiger partial charge in [0.25, 0.3) is 0 Å². The third kappa shape index (κ3) is 2.88. The smallest absolute Gasteiger partial charge is 0.0890 e. The summed E-state index contributed by atoms with van der Waals surface area (Å²) >= 11 is 0. The monoisotopic (exact) mass is 267 g/mol. The van der Waals surface area contributed by atoms with Gasteiger partial charge in [-0.3, -0.25) is 9.97 Å². The summed E-state index contributed by atoms with van der Waals surface area (Å²) in [5.41, 5.74) is 10.8. The molecule has 3 nitrogen and oxygen atoms in total. The standard InChI is InChI=1S/C17H21N3/c18-17(13-6-4-2-1-3-5-7-13)14-8-9-15-16(12-14)20-11-10-19-15/h6,8-12,17H,1-5,7,18H2/b13-6+. The summed E-state index contributed by atoms with van der Waals surface area (Å²) in [6.45, 7) is 0. The van der Waals surface area contributed by atoms with Gasteiger partial charge < -0.3 is 5.73 Å². The molecule has 1 heterocycles. The maximum absolute atomic E-state index is 6.46. The molecule has 2 N–H and O–H groups in total. The minimum absolute atomic E-state index is 0.000457. The number of hydrogen-bond donors (Lipinski definition) is 1. The Bertz CT molecular complexity index is 618. The van der Waals surface area contributed by atoms with Gasteiger partial charge in [0.1, 0.15) is 0 Å². The Balaban J connectivity index is 1.88. The Morgan fingerprint density at radius 3 is 2.65 bits per heavy atom. The second kappa shape index (κ2) is 6.14. The summed E-state index contributed by atoms with van der Waals surface area (Å²) in [5.74, 6) is 0. The molecule has 3 heteroatoms. The van der Waals surface area contributed by atoms with Gasteiger partial charge >= 0.3 is 0 Å². The summed E-state index contributed by atoms with van der Waals surface area (Å²) in [5, 5.41) is 0. The van der Waals surface area contributed by atoms with Crippen LogP contribution in [-0.4, -0.2) is 9.97 Å². The van der Waals surface area contributed by atoms with E-state index in [1.807, 2.05) is 6.07 Å². The highest BCUT2D eigenvalue weighted by Gasteiger charge is 2.13. The molecule has 0 bridgehead atoms. The van der Waals surface area contributed by atoms with E-state index < -0.39 is 0 Å². The van der Waals surface area contributed by atoms with Crippen LogP contribution < -0.4 is 5.73 Å². The van der Waals surface area contributed by atoms with Crippen molar-refractivity contribution in [3.63, 3.8) is 0 Å². The average Bonchev–Trinajstić information content (AvgIpc) is 2.46. The summed E-state index contributed by atoms with van der Waals surface area (Å²) in [7, 11) is 0. The van der Waals surface area contributed by atoms with Crippen LogP contribution in [-0.2, 0) is 0 Å². The number of nitrogens with zero attached hydrogens (tertiary/aromatic N) is 2. The predicted molar refractivity (Wildman–Crippen MR) is 82.3 cm³/mol. The van der Waals surface area contributed by atoms with Gasteiger partial charge in [-0.05, 0) is 43.4 Å². The van der Waals surface area contributed by atoms with E-state index in [1.165, 1.54) is 31.3 Å². The zero-order chi connectivity index (χ0) is 13.8. The van der Waals surface area contributed by atoms with E-state index in [4.69, 9.17) is 5.73 Å². The molecule has 0 radical (unpaired) electrons. The van der Waals surface area contributed by atoms with Crippen molar-refractivity contribution < 1.29 is 0 Å². The summed E-state index contributed by atoms with van der Waals surface area (Å²) in [6.07, 6.45) is 13.3. The highest BCUT2D eigenvalue weighted by atomic mass is 14.8. The number of allylic oxidation sites excluding steroid dienone is 1. The molecule has 1 aliphatic rings. The minimum atomic E-state index is -0.000457. The van der Waals surface area contributed by atoms with Crippen molar-refractivity contribution in [1.82, 2.24) is 9.97 Å². The van der Waals surface area contributed by atoms with E-state index in [2.05, 4.69) is 28.2 Å². The number of nitrogens with two attached hydrogens (primary N) is 1. The van der Waals surface area contributed by atoms with Crippen molar-refractivity contribution in [2.75, 3.05) is 0 Å². The molecule has 0 aliphatic heterocycles. The molecule has 3 rings (SSSR count). The van der Waals surface area contributed by atoms with Crippen LogP contribution in [0.1, 0.15) is 50.1 Å². The third-order valence-electron chi connectivity index (χ3n) is 4.08. The highest BCUT2D eigenvalue weighted by Crippen LogP contribution is 2.28. The van der Waals surface area contributed by atoms with Gasteiger partial charge in [-0.2, -0.15) is 0 Å². The normalized spacial score (nSPS) is 20.8. The Kier molecular flexibility index (Phi) is 4.07. The van der Waals surface area contributed by atoms with Crippen molar-refractivity contribution in [1.29, 1.82) is 0 Å². The Morgan fingerprint density at radius 2 is 1.75 bits per heavy atom. The molecule has 0 saturated heterocycles. The van der Waals surface area contributed by atoms with E-state index in [-0.39, 0.29) is 6.04 Å². The zero-order valence-electron chi connectivity index (χ0n) is 11.8. The largest absolute Gasteiger partial charge is 0.321 e. The first-order valence-corrected chi connectivity index (χ1v) is 7.50. The van der Waals surface area contributed by atoms with Crippen LogP contribution in [0.15, 0.2) is 42.2 Å². The number of rotatable bonds is 2. The molecule has 0 spiro atoms. The van der Waals surface area contributed by atoms with Crippen molar-refractivity contribution >= 4 is 11.0 Å². The molecule has 0 fully saturated rings. The lowest BCUT2D eigenvalue weighted by atomic mass is 9.91. The lowest BCUT2D eigenvalue weighted by Crippen LogP contribution is -2.14. The van der Waals surface area contributed by atoms with Crippen LogP contribution in [0.5, 0.6) is 0 Å². The maximum atomic E-state index is 6.46. The fourth-order valence-corrected chi connectivity index (χ4v) is 2.89. The first-order chi connectivity index (χ1) is 9.84. The van der Waals surface area contributed by atoms with Gasteiger partial charge in [0.2, 0.25) is 0 Å². The summed E-state index contributed by atoms with van der Waals surface area (Å²) in [6, 6.07) is 6.18. The first-order valence-electron chi connectivity index (χ1n) is 7.50. The molecule has 1 atom stereocenters. The Labute approximate surface area is 119 Å². The van der Waals surface area contributed by atoms with E-state index in [0.717, 1.165) is 29.4 Å². The van der Waals surface area contributed by atoms with Crippen LogP contribution in [0, 0.1) is 0 Å². The van der Waals surface area contributed by atoms with Crippen molar-refractivity contribution in [3.8, 4) is 0 Å². The number of hydrogen-bond acceptors (Lipinski definition) is 3. The average molecular weight is 267 g/mol.